The third kappa shape index (κ3) is 3.56. The van der Waals surface area contributed by atoms with Crippen molar-refractivity contribution in [3.8, 4) is 0 Å². The molecule has 0 spiro atoms. The summed E-state index contributed by atoms with van der Waals surface area (Å²) in [7, 11) is 1.79. The largest absolute Gasteiger partial charge is 0.314 e. The molecule has 0 bridgehead atoms. The van der Waals surface area contributed by atoms with Gasteiger partial charge >= 0.3 is 0 Å². The van der Waals surface area contributed by atoms with Gasteiger partial charge in [-0.15, -0.1) is 0 Å². The summed E-state index contributed by atoms with van der Waals surface area (Å²) in [5, 5.41) is 3.31. The lowest BCUT2D eigenvalue weighted by atomic mass is 9.99. The van der Waals surface area contributed by atoms with Gasteiger partial charge in [-0.05, 0) is 33.4 Å². The molecule has 0 radical (unpaired) electrons. The quantitative estimate of drug-likeness (QED) is 0.725. The fourth-order valence-electron chi connectivity index (χ4n) is 1.87. The van der Waals surface area contributed by atoms with Crippen LogP contribution in [-0.4, -0.2) is 43.5 Å². The summed E-state index contributed by atoms with van der Waals surface area (Å²) in [5.41, 5.74) is 0. The molecule has 1 fully saturated rings. The highest BCUT2D eigenvalue weighted by Crippen LogP contribution is 2.14. The van der Waals surface area contributed by atoms with E-state index in [4.69, 9.17) is 0 Å². The van der Waals surface area contributed by atoms with Crippen LogP contribution in [0.15, 0.2) is 0 Å². The molecule has 0 amide bonds. The van der Waals surface area contributed by atoms with Crippen molar-refractivity contribution in [1.82, 2.24) is 10.2 Å². The van der Waals surface area contributed by atoms with E-state index in [1.165, 1.54) is 0 Å². The molecule has 1 saturated heterocycles. The maximum absolute atomic E-state index is 12.1. The molecule has 1 N–H and O–H groups in total. The van der Waals surface area contributed by atoms with Crippen LogP contribution in [0, 0.1) is 0 Å². The van der Waals surface area contributed by atoms with Crippen molar-refractivity contribution in [2.75, 3.05) is 20.1 Å². The van der Waals surface area contributed by atoms with Crippen LogP contribution in [0.5, 0.6) is 0 Å². The fraction of sp³-hybridized carbons (Fsp3) is 1.00. The molecule has 0 saturated carbocycles. The molecule has 0 aliphatic carbocycles. The van der Waals surface area contributed by atoms with E-state index in [1.807, 2.05) is 0 Å². The van der Waals surface area contributed by atoms with Gasteiger partial charge in [0.25, 0.3) is 6.43 Å². The van der Waals surface area contributed by atoms with Crippen LogP contribution < -0.4 is 5.32 Å². The van der Waals surface area contributed by atoms with Crippen molar-refractivity contribution in [2.24, 2.45) is 0 Å². The van der Waals surface area contributed by atoms with Gasteiger partial charge in [-0.3, -0.25) is 4.90 Å². The minimum absolute atomic E-state index is 0.0998. The molecular formula is C9H18F2N2. The Bertz CT molecular complexity index is 153. The number of nitrogens with zero attached hydrogens (tertiary/aromatic N) is 1. The molecule has 1 rings (SSSR count). The van der Waals surface area contributed by atoms with Crippen molar-refractivity contribution < 1.29 is 8.78 Å². The van der Waals surface area contributed by atoms with Gasteiger partial charge in [0.2, 0.25) is 0 Å². The lowest BCUT2D eigenvalue weighted by Crippen LogP contribution is -2.46. The van der Waals surface area contributed by atoms with Crippen molar-refractivity contribution in [3.63, 3.8) is 0 Å². The Morgan fingerprint density at radius 1 is 1.54 bits per heavy atom. The van der Waals surface area contributed by atoms with Crippen LogP contribution in [0.1, 0.15) is 19.8 Å². The number of hydrogen-bond donors (Lipinski definition) is 1. The first-order valence-corrected chi connectivity index (χ1v) is 4.81. The fourth-order valence-corrected chi connectivity index (χ4v) is 1.87. The van der Waals surface area contributed by atoms with E-state index in [2.05, 4.69) is 12.2 Å². The monoisotopic (exact) mass is 192 g/mol. The van der Waals surface area contributed by atoms with Gasteiger partial charge in [0.15, 0.2) is 0 Å². The summed E-state index contributed by atoms with van der Waals surface area (Å²) in [5.74, 6) is 0. The Morgan fingerprint density at radius 3 is 2.77 bits per heavy atom. The second-order valence-corrected chi connectivity index (χ2v) is 3.86. The summed E-state index contributed by atoms with van der Waals surface area (Å²) < 4.78 is 24.2. The Balaban J connectivity index is 2.32. The molecule has 0 aromatic carbocycles. The molecule has 78 valence electrons. The normalized spacial score (nSPS) is 30.0. The molecule has 2 unspecified atom stereocenters. The number of nitrogens with one attached hydrogen (secondary N) is 1. The predicted octanol–water partition coefficient (Wildman–Crippen LogP) is 1.32. The minimum atomic E-state index is -2.21. The van der Waals surface area contributed by atoms with E-state index < -0.39 is 6.43 Å². The summed E-state index contributed by atoms with van der Waals surface area (Å²) in [4.78, 5) is 1.78. The first-order chi connectivity index (χ1) is 6.09. The predicted molar refractivity (Wildman–Crippen MR) is 49.1 cm³/mol. The zero-order valence-electron chi connectivity index (χ0n) is 8.26. The van der Waals surface area contributed by atoms with E-state index in [1.54, 1.807) is 11.9 Å². The minimum Gasteiger partial charge on any atom is -0.314 e. The Hall–Kier alpha value is -0.220. The smallest absolute Gasteiger partial charge is 0.251 e. The summed E-state index contributed by atoms with van der Waals surface area (Å²) >= 11 is 0. The molecule has 1 aliphatic rings. The zero-order valence-corrected chi connectivity index (χ0v) is 8.26. The van der Waals surface area contributed by atoms with Gasteiger partial charge in [0, 0.05) is 12.1 Å². The lowest BCUT2D eigenvalue weighted by Gasteiger charge is -2.34. The van der Waals surface area contributed by atoms with Crippen LogP contribution in [0.25, 0.3) is 0 Å². The van der Waals surface area contributed by atoms with E-state index in [-0.39, 0.29) is 6.54 Å². The maximum atomic E-state index is 12.1. The molecule has 2 atom stereocenters. The van der Waals surface area contributed by atoms with Gasteiger partial charge in [-0.1, -0.05) is 0 Å². The highest BCUT2D eigenvalue weighted by Gasteiger charge is 2.23. The molecule has 0 aromatic rings. The topological polar surface area (TPSA) is 15.3 Å². The van der Waals surface area contributed by atoms with Gasteiger partial charge in [0.05, 0.1) is 6.54 Å². The van der Waals surface area contributed by atoms with Crippen LogP contribution in [0.2, 0.25) is 0 Å². The average molecular weight is 192 g/mol. The highest BCUT2D eigenvalue weighted by atomic mass is 19.3. The Labute approximate surface area is 78.3 Å². The number of alkyl halides is 2. The molecule has 13 heavy (non-hydrogen) atoms. The van der Waals surface area contributed by atoms with Crippen molar-refractivity contribution in [1.29, 1.82) is 0 Å². The molecule has 2 nitrogen and oxygen atoms in total. The third-order valence-electron chi connectivity index (χ3n) is 2.65. The third-order valence-corrected chi connectivity index (χ3v) is 2.65. The van der Waals surface area contributed by atoms with Crippen molar-refractivity contribution >= 4 is 0 Å². The summed E-state index contributed by atoms with van der Waals surface area (Å²) in [6.45, 7) is 2.94. The molecule has 4 heteroatoms. The second-order valence-electron chi connectivity index (χ2n) is 3.86. The highest BCUT2D eigenvalue weighted by molar-refractivity contribution is 4.80. The van der Waals surface area contributed by atoms with Gasteiger partial charge in [-0.25, -0.2) is 8.78 Å². The molecule has 0 aromatic heterocycles. The van der Waals surface area contributed by atoms with Crippen LogP contribution >= 0.6 is 0 Å². The lowest BCUT2D eigenvalue weighted by molar-refractivity contribution is 0.0683. The first-order valence-electron chi connectivity index (χ1n) is 4.81. The van der Waals surface area contributed by atoms with Crippen molar-refractivity contribution in [2.45, 2.75) is 38.3 Å². The van der Waals surface area contributed by atoms with E-state index in [9.17, 15) is 8.78 Å². The van der Waals surface area contributed by atoms with Crippen LogP contribution in [-0.2, 0) is 0 Å². The van der Waals surface area contributed by atoms with Gasteiger partial charge in [0.1, 0.15) is 0 Å². The SMILES string of the molecule is CC1CC(N(C)CC(F)F)CCN1. The molecule has 1 heterocycles. The summed E-state index contributed by atoms with van der Waals surface area (Å²) in [6, 6.07) is 0.782. The first kappa shape index (κ1) is 10.9. The standard InChI is InChI=1S/C9H18F2N2/c1-7-5-8(3-4-12-7)13(2)6-9(10)11/h7-9,12H,3-6H2,1-2H3. The van der Waals surface area contributed by atoms with Gasteiger partial charge < -0.3 is 5.32 Å². The molecule has 1 aliphatic heterocycles. The summed E-state index contributed by atoms with van der Waals surface area (Å²) in [6.07, 6.45) is -0.258. The van der Waals surface area contributed by atoms with E-state index in [0.717, 1.165) is 19.4 Å². The number of halogens is 2. The van der Waals surface area contributed by atoms with Crippen LogP contribution in [0.3, 0.4) is 0 Å². The van der Waals surface area contributed by atoms with Gasteiger partial charge in [-0.2, -0.15) is 0 Å². The van der Waals surface area contributed by atoms with Crippen LogP contribution in [0.4, 0.5) is 8.78 Å². The van der Waals surface area contributed by atoms with Crippen molar-refractivity contribution in [3.05, 3.63) is 0 Å². The van der Waals surface area contributed by atoms with E-state index >= 15 is 0 Å². The number of rotatable bonds is 3. The Morgan fingerprint density at radius 2 is 2.23 bits per heavy atom. The number of hydrogen-bond acceptors (Lipinski definition) is 2. The zero-order chi connectivity index (χ0) is 9.84. The molecular weight excluding hydrogens is 174 g/mol. The number of piperidine rings is 1. The maximum Gasteiger partial charge on any atom is 0.251 e. The second kappa shape index (κ2) is 4.86. The van der Waals surface area contributed by atoms with E-state index in [0.29, 0.717) is 12.1 Å². The average Bonchev–Trinajstić information content (AvgIpc) is 2.03. The Kier molecular flexibility index (Phi) is 4.06.